The van der Waals surface area contributed by atoms with Crippen LogP contribution in [-0.2, 0) is 4.79 Å². The molecule has 11 heavy (non-hydrogen) atoms. The molecule has 1 unspecified atom stereocenters. The normalized spacial score (nSPS) is 25.5. The zero-order chi connectivity index (χ0) is 8.27. The predicted molar refractivity (Wildman–Crippen MR) is 46.8 cm³/mol. The molecule has 1 saturated heterocycles. The zero-order valence-electron chi connectivity index (χ0n) is 6.54. The van der Waals surface area contributed by atoms with Gasteiger partial charge in [0.2, 0.25) is 0 Å². The van der Waals surface area contributed by atoms with E-state index in [0.717, 1.165) is 12.2 Å². The molecule has 1 aliphatic heterocycles. The minimum atomic E-state index is -0.790. The predicted octanol–water partition coefficient (Wildman–Crippen LogP) is 1.77. The highest BCUT2D eigenvalue weighted by Gasteiger charge is 2.14. The number of carbonyl (C=O) groups is 1. The molecular formula is C8H12O2S. The molecule has 0 aromatic heterocycles. The van der Waals surface area contributed by atoms with Crippen molar-refractivity contribution in [3.63, 3.8) is 0 Å². The molecule has 62 valence electrons. The van der Waals surface area contributed by atoms with E-state index in [9.17, 15) is 4.79 Å². The van der Waals surface area contributed by atoms with E-state index >= 15 is 0 Å². The van der Waals surface area contributed by atoms with Gasteiger partial charge in [-0.15, -0.1) is 0 Å². The van der Waals surface area contributed by atoms with Gasteiger partial charge in [0.15, 0.2) is 0 Å². The minimum Gasteiger partial charge on any atom is -0.478 e. The fraction of sp³-hybridized carbons (Fsp3) is 0.625. The summed E-state index contributed by atoms with van der Waals surface area (Å²) in [5.74, 6) is 1.97. The average Bonchev–Trinajstić information content (AvgIpc) is 2.39. The molecule has 1 heterocycles. The van der Waals surface area contributed by atoms with Gasteiger partial charge in [-0.3, -0.25) is 0 Å². The molecule has 0 aliphatic carbocycles. The van der Waals surface area contributed by atoms with Gasteiger partial charge in [-0.1, -0.05) is 6.08 Å². The van der Waals surface area contributed by atoms with Gasteiger partial charge in [-0.05, 0) is 30.8 Å². The van der Waals surface area contributed by atoms with Gasteiger partial charge in [0.1, 0.15) is 0 Å². The summed E-state index contributed by atoms with van der Waals surface area (Å²) >= 11 is 1.90. The molecule has 1 N–H and O–H groups in total. The molecule has 3 heteroatoms. The van der Waals surface area contributed by atoms with Crippen molar-refractivity contribution in [2.45, 2.75) is 13.3 Å². The fourth-order valence-corrected chi connectivity index (χ4v) is 2.31. The second-order valence-electron chi connectivity index (χ2n) is 2.78. The summed E-state index contributed by atoms with van der Waals surface area (Å²) in [6.07, 6.45) is 3.01. The summed E-state index contributed by atoms with van der Waals surface area (Å²) in [5, 5.41) is 8.57. The molecule has 0 aromatic rings. The van der Waals surface area contributed by atoms with Gasteiger partial charge in [0.05, 0.1) is 0 Å². The van der Waals surface area contributed by atoms with E-state index in [1.165, 1.54) is 5.75 Å². The monoisotopic (exact) mass is 172 g/mol. The Balaban J connectivity index is 2.49. The van der Waals surface area contributed by atoms with Crippen LogP contribution in [-0.4, -0.2) is 22.6 Å². The lowest BCUT2D eigenvalue weighted by Gasteiger charge is -2.00. The lowest BCUT2D eigenvalue weighted by Crippen LogP contribution is -2.01. The van der Waals surface area contributed by atoms with Crippen LogP contribution in [0.5, 0.6) is 0 Å². The van der Waals surface area contributed by atoms with E-state index in [0.29, 0.717) is 11.5 Å². The second-order valence-corrected chi connectivity index (χ2v) is 3.93. The second kappa shape index (κ2) is 3.81. The van der Waals surface area contributed by atoms with Crippen molar-refractivity contribution >= 4 is 17.7 Å². The summed E-state index contributed by atoms with van der Waals surface area (Å²) in [6.45, 7) is 1.66. The maximum Gasteiger partial charge on any atom is 0.330 e. The first-order valence-electron chi connectivity index (χ1n) is 3.69. The van der Waals surface area contributed by atoms with E-state index in [1.807, 2.05) is 17.8 Å². The van der Waals surface area contributed by atoms with Crippen molar-refractivity contribution in [1.82, 2.24) is 0 Å². The topological polar surface area (TPSA) is 37.3 Å². The number of hydrogen-bond donors (Lipinski definition) is 1. The molecule has 2 nitrogen and oxygen atoms in total. The Labute approximate surface area is 70.7 Å². The van der Waals surface area contributed by atoms with Gasteiger partial charge in [-0.2, -0.15) is 11.8 Å². The summed E-state index contributed by atoms with van der Waals surface area (Å²) in [7, 11) is 0. The fourth-order valence-electron chi connectivity index (χ4n) is 1.11. The molecule has 0 amide bonds. The van der Waals surface area contributed by atoms with E-state index in [2.05, 4.69) is 0 Å². The third-order valence-corrected chi connectivity index (χ3v) is 2.98. The van der Waals surface area contributed by atoms with E-state index in [4.69, 9.17) is 5.11 Å². The Morgan fingerprint density at radius 1 is 1.73 bits per heavy atom. The lowest BCUT2D eigenvalue weighted by molar-refractivity contribution is -0.132. The van der Waals surface area contributed by atoms with Crippen LogP contribution >= 0.6 is 11.8 Å². The van der Waals surface area contributed by atoms with E-state index in [-0.39, 0.29) is 0 Å². The molecular weight excluding hydrogens is 160 g/mol. The Morgan fingerprint density at radius 2 is 2.45 bits per heavy atom. The molecule has 1 aliphatic rings. The first-order chi connectivity index (χ1) is 5.20. The molecule has 1 atom stereocenters. The standard InChI is InChI=1S/C8H12O2S/c1-6(8(9)10)4-7-2-3-11-5-7/h4,7H,2-3,5H2,1H3,(H,9,10)/b6-4+. The highest BCUT2D eigenvalue weighted by Crippen LogP contribution is 2.25. The number of aliphatic carboxylic acids is 1. The van der Waals surface area contributed by atoms with Crippen molar-refractivity contribution in [1.29, 1.82) is 0 Å². The van der Waals surface area contributed by atoms with Crippen molar-refractivity contribution in [3.05, 3.63) is 11.6 Å². The molecule has 0 saturated carbocycles. The van der Waals surface area contributed by atoms with Gasteiger partial charge in [0, 0.05) is 5.57 Å². The Bertz CT molecular complexity index is 181. The van der Waals surface area contributed by atoms with Crippen LogP contribution in [0.4, 0.5) is 0 Å². The van der Waals surface area contributed by atoms with Crippen molar-refractivity contribution in [3.8, 4) is 0 Å². The third-order valence-electron chi connectivity index (χ3n) is 1.79. The lowest BCUT2D eigenvalue weighted by atomic mass is 10.1. The first-order valence-corrected chi connectivity index (χ1v) is 4.85. The van der Waals surface area contributed by atoms with Gasteiger partial charge in [-0.25, -0.2) is 4.79 Å². The Morgan fingerprint density at radius 3 is 2.91 bits per heavy atom. The van der Waals surface area contributed by atoms with Crippen LogP contribution < -0.4 is 0 Å². The maximum atomic E-state index is 10.4. The zero-order valence-corrected chi connectivity index (χ0v) is 7.36. The molecule has 0 radical (unpaired) electrons. The van der Waals surface area contributed by atoms with Gasteiger partial charge >= 0.3 is 5.97 Å². The molecule has 0 aromatic carbocycles. The van der Waals surface area contributed by atoms with Crippen molar-refractivity contribution in [2.75, 3.05) is 11.5 Å². The smallest absolute Gasteiger partial charge is 0.330 e. The van der Waals surface area contributed by atoms with Crippen LogP contribution in [0.2, 0.25) is 0 Å². The molecule has 1 fully saturated rings. The van der Waals surface area contributed by atoms with Crippen LogP contribution in [0.15, 0.2) is 11.6 Å². The van der Waals surface area contributed by atoms with Crippen LogP contribution in [0.25, 0.3) is 0 Å². The number of hydrogen-bond acceptors (Lipinski definition) is 2. The Hall–Kier alpha value is -0.440. The Kier molecular flexibility index (Phi) is 3.00. The summed E-state index contributed by atoms with van der Waals surface area (Å²) in [4.78, 5) is 10.4. The molecule has 1 rings (SSSR count). The van der Waals surface area contributed by atoms with Crippen LogP contribution in [0, 0.1) is 5.92 Å². The third kappa shape index (κ3) is 2.58. The first kappa shape index (κ1) is 8.65. The molecule has 0 bridgehead atoms. The minimum absolute atomic E-state index is 0.484. The number of carboxylic acids is 1. The van der Waals surface area contributed by atoms with Crippen LogP contribution in [0.1, 0.15) is 13.3 Å². The number of carboxylic acid groups (broad SMARTS) is 1. The highest BCUT2D eigenvalue weighted by molar-refractivity contribution is 7.99. The number of rotatable bonds is 2. The average molecular weight is 172 g/mol. The van der Waals surface area contributed by atoms with Crippen LogP contribution in [0.3, 0.4) is 0 Å². The quantitative estimate of drug-likeness (QED) is 0.645. The number of thioether (sulfide) groups is 1. The summed E-state index contributed by atoms with van der Waals surface area (Å²) < 4.78 is 0. The van der Waals surface area contributed by atoms with Crippen molar-refractivity contribution < 1.29 is 9.90 Å². The van der Waals surface area contributed by atoms with E-state index in [1.54, 1.807) is 6.92 Å². The SMILES string of the molecule is C/C(=C\C1CCSC1)C(=O)O. The summed E-state index contributed by atoms with van der Waals surface area (Å²) in [5.41, 5.74) is 0.484. The van der Waals surface area contributed by atoms with Crippen molar-refractivity contribution in [2.24, 2.45) is 5.92 Å². The highest BCUT2D eigenvalue weighted by atomic mass is 32.2. The van der Waals surface area contributed by atoms with Gasteiger partial charge < -0.3 is 5.11 Å². The van der Waals surface area contributed by atoms with E-state index < -0.39 is 5.97 Å². The largest absolute Gasteiger partial charge is 0.478 e. The summed E-state index contributed by atoms with van der Waals surface area (Å²) in [6, 6.07) is 0. The molecule has 0 spiro atoms. The number of allylic oxidation sites excluding steroid dienone is 1. The maximum absolute atomic E-state index is 10.4. The van der Waals surface area contributed by atoms with Gasteiger partial charge in [0.25, 0.3) is 0 Å².